The van der Waals surface area contributed by atoms with Crippen LogP contribution in [0.1, 0.15) is 94.8 Å². The van der Waals surface area contributed by atoms with Crippen LogP contribution in [-0.2, 0) is 23.8 Å². The predicted octanol–water partition coefficient (Wildman–Crippen LogP) is 5.21. The van der Waals surface area contributed by atoms with Gasteiger partial charge in [-0.1, -0.05) is 53.7 Å². The maximum atomic E-state index is 13.5. The molecule has 1 amide bonds. The van der Waals surface area contributed by atoms with Crippen molar-refractivity contribution in [1.82, 2.24) is 5.32 Å². The minimum absolute atomic E-state index is 0.00210. The monoisotopic (exact) mass is 477 g/mol. The van der Waals surface area contributed by atoms with E-state index in [0.717, 1.165) is 16.7 Å². The molecule has 1 aromatic carbocycles. The molecule has 1 aromatic heterocycles. The molecule has 1 N–H and O–H groups in total. The summed E-state index contributed by atoms with van der Waals surface area (Å²) in [7, 11) is -4.10. The van der Waals surface area contributed by atoms with Gasteiger partial charge in [0.15, 0.2) is 0 Å². The number of benzene rings is 1. The lowest BCUT2D eigenvalue weighted by molar-refractivity contribution is -0.163. The largest absolute Gasteiger partial charge is 0.466 e. The first-order valence-corrected chi connectivity index (χ1v) is 12.9. The Morgan fingerprint density at radius 2 is 1.64 bits per heavy atom. The summed E-state index contributed by atoms with van der Waals surface area (Å²) in [5, 5.41) is 2.67. The number of carbonyl (C=O) groups excluding carboxylic acids is 1. The number of ether oxygens (including phenoxy) is 1. The summed E-state index contributed by atoms with van der Waals surface area (Å²) in [5.41, 5.74) is 2.60. The molecule has 0 spiro atoms. The van der Waals surface area contributed by atoms with Gasteiger partial charge >= 0.3 is 0 Å². The van der Waals surface area contributed by atoms with E-state index < -0.39 is 22.4 Å². The molecular formula is C25H35NO6S. The van der Waals surface area contributed by atoms with Gasteiger partial charge in [0.05, 0.1) is 12.2 Å². The van der Waals surface area contributed by atoms with E-state index in [4.69, 9.17) is 13.3 Å². The summed E-state index contributed by atoms with van der Waals surface area (Å²) in [4.78, 5) is 11.8. The fourth-order valence-electron chi connectivity index (χ4n) is 3.82. The highest BCUT2D eigenvalue weighted by atomic mass is 32.2. The van der Waals surface area contributed by atoms with Crippen LogP contribution in [0.25, 0.3) is 0 Å². The van der Waals surface area contributed by atoms with Crippen molar-refractivity contribution in [2.45, 2.75) is 83.4 Å². The number of carbonyl (C=O) groups is 1. The van der Waals surface area contributed by atoms with E-state index in [0.29, 0.717) is 5.76 Å². The molecule has 2 aromatic rings. The third-order valence-corrected chi connectivity index (χ3v) is 7.45. The summed E-state index contributed by atoms with van der Waals surface area (Å²) in [6.45, 7) is 13.6. The highest BCUT2D eigenvalue weighted by Crippen LogP contribution is 2.36. The molecule has 33 heavy (non-hydrogen) atoms. The molecule has 0 aliphatic carbocycles. The van der Waals surface area contributed by atoms with Crippen molar-refractivity contribution in [3.63, 3.8) is 0 Å². The van der Waals surface area contributed by atoms with Crippen LogP contribution < -0.4 is 5.32 Å². The minimum Gasteiger partial charge on any atom is -0.466 e. The standard InChI is InChI=1S/C25H35NO6S/c1-14(2)18-11-19(15(3)4)23(20(12-18)16(5)6)33(28,29)31-13-22(21-9-8-10-30-21)32-25-17(7)24(27)26-25/h8-12,14-17,22,25H,13H2,1-7H3,(H,26,27)/t17-,22+,25-/m0/s1. The summed E-state index contributed by atoms with van der Waals surface area (Å²) < 4.78 is 44.1. The molecule has 0 saturated carbocycles. The van der Waals surface area contributed by atoms with Crippen molar-refractivity contribution in [3.8, 4) is 0 Å². The second kappa shape index (κ2) is 9.99. The summed E-state index contributed by atoms with van der Waals surface area (Å²) in [5.74, 6) is 0.259. The molecular weight excluding hydrogens is 442 g/mol. The molecule has 1 aliphatic heterocycles. The van der Waals surface area contributed by atoms with Crippen LogP contribution in [0.4, 0.5) is 0 Å². The van der Waals surface area contributed by atoms with Gasteiger partial charge in [0.2, 0.25) is 5.91 Å². The zero-order valence-corrected chi connectivity index (χ0v) is 21.2. The summed E-state index contributed by atoms with van der Waals surface area (Å²) >= 11 is 0. The van der Waals surface area contributed by atoms with E-state index in [1.54, 1.807) is 19.1 Å². The molecule has 8 heteroatoms. The van der Waals surface area contributed by atoms with E-state index in [9.17, 15) is 13.2 Å². The van der Waals surface area contributed by atoms with Crippen LogP contribution in [0, 0.1) is 5.92 Å². The Morgan fingerprint density at radius 1 is 1.03 bits per heavy atom. The lowest BCUT2D eigenvalue weighted by Gasteiger charge is -2.36. The highest BCUT2D eigenvalue weighted by molar-refractivity contribution is 7.86. The van der Waals surface area contributed by atoms with Gasteiger partial charge in [-0.2, -0.15) is 8.42 Å². The van der Waals surface area contributed by atoms with E-state index in [2.05, 4.69) is 19.2 Å². The van der Waals surface area contributed by atoms with Crippen molar-refractivity contribution in [3.05, 3.63) is 53.0 Å². The number of rotatable bonds is 10. The molecule has 2 heterocycles. The number of hydrogen-bond donors (Lipinski definition) is 1. The third-order valence-electron chi connectivity index (χ3n) is 6.03. The van der Waals surface area contributed by atoms with Crippen molar-refractivity contribution in [2.24, 2.45) is 5.92 Å². The first-order valence-electron chi connectivity index (χ1n) is 11.5. The zero-order chi connectivity index (χ0) is 24.5. The topological polar surface area (TPSA) is 94.8 Å². The van der Waals surface area contributed by atoms with E-state index in [1.165, 1.54) is 6.26 Å². The molecule has 3 rings (SSSR count). The molecule has 1 fully saturated rings. The van der Waals surface area contributed by atoms with Gasteiger partial charge in [0, 0.05) is 0 Å². The Balaban J connectivity index is 1.93. The average molecular weight is 478 g/mol. The van der Waals surface area contributed by atoms with Gasteiger partial charge < -0.3 is 14.5 Å². The van der Waals surface area contributed by atoms with Crippen LogP contribution in [-0.4, -0.2) is 27.2 Å². The molecule has 3 atom stereocenters. The van der Waals surface area contributed by atoms with Gasteiger partial charge in [0.25, 0.3) is 10.1 Å². The van der Waals surface area contributed by atoms with Crippen molar-refractivity contribution in [2.75, 3.05) is 6.61 Å². The molecule has 7 nitrogen and oxygen atoms in total. The van der Waals surface area contributed by atoms with Crippen LogP contribution in [0.5, 0.6) is 0 Å². The fourth-order valence-corrected chi connectivity index (χ4v) is 5.41. The number of amides is 1. The van der Waals surface area contributed by atoms with Gasteiger partial charge in [-0.15, -0.1) is 0 Å². The predicted molar refractivity (Wildman–Crippen MR) is 125 cm³/mol. The first-order chi connectivity index (χ1) is 15.4. The lowest BCUT2D eigenvalue weighted by atomic mass is 9.89. The fraction of sp³-hybridized carbons (Fsp3) is 0.560. The Labute approximate surface area is 197 Å². The zero-order valence-electron chi connectivity index (χ0n) is 20.4. The van der Waals surface area contributed by atoms with E-state index >= 15 is 0 Å². The van der Waals surface area contributed by atoms with Gasteiger partial charge in [-0.25, -0.2) is 0 Å². The maximum absolute atomic E-state index is 13.5. The number of β-lactam (4-membered cyclic amide) rings is 1. The van der Waals surface area contributed by atoms with E-state index in [1.807, 2.05) is 39.8 Å². The smallest absolute Gasteiger partial charge is 0.297 e. The molecule has 1 saturated heterocycles. The van der Waals surface area contributed by atoms with Crippen LogP contribution in [0.2, 0.25) is 0 Å². The SMILES string of the molecule is CC(C)c1cc(C(C)C)c(S(=O)(=O)OC[C@@H](O[C@@H]2NC(=O)[C@@H]2C)c2ccco2)c(C(C)C)c1. The molecule has 0 radical (unpaired) electrons. The second-order valence-electron chi connectivity index (χ2n) is 9.59. The quantitative estimate of drug-likeness (QED) is 0.373. The van der Waals surface area contributed by atoms with Gasteiger partial charge in [-0.05, 0) is 53.5 Å². The molecule has 0 unspecified atom stereocenters. The second-order valence-corrected chi connectivity index (χ2v) is 11.1. The van der Waals surface area contributed by atoms with Crippen molar-refractivity contribution < 1.29 is 26.5 Å². The van der Waals surface area contributed by atoms with Crippen LogP contribution in [0.15, 0.2) is 39.8 Å². The number of nitrogens with one attached hydrogen (secondary N) is 1. The van der Waals surface area contributed by atoms with Crippen LogP contribution in [0.3, 0.4) is 0 Å². The molecule has 0 bridgehead atoms. The third kappa shape index (κ3) is 5.50. The van der Waals surface area contributed by atoms with Gasteiger partial charge in [-0.3, -0.25) is 8.98 Å². The summed E-state index contributed by atoms with van der Waals surface area (Å²) in [6.07, 6.45) is 0.172. The Hall–Kier alpha value is -2.16. The number of hydrogen-bond acceptors (Lipinski definition) is 6. The Morgan fingerprint density at radius 3 is 2.06 bits per heavy atom. The Bertz CT molecular complexity index is 1040. The highest BCUT2D eigenvalue weighted by Gasteiger charge is 2.39. The molecule has 1 aliphatic rings. The minimum atomic E-state index is -4.10. The first kappa shape index (κ1) is 25.5. The molecule has 182 valence electrons. The summed E-state index contributed by atoms with van der Waals surface area (Å²) in [6, 6.07) is 7.34. The van der Waals surface area contributed by atoms with Crippen LogP contribution >= 0.6 is 0 Å². The normalized spacial score (nSPS) is 19.8. The van der Waals surface area contributed by atoms with Gasteiger partial charge in [0.1, 0.15) is 29.6 Å². The Kier molecular flexibility index (Phi) is 7.71. The average Bonchev–Trinajstić information content (AvgIpc) is 3.29. The van der Waals surface area contributed by atoms with E-state index in [-0.39, 0.29) is 41.1 Å². The maximum Gasteiger partial charge on any atom is 0.297 e. The number of furan rings is 1. The van der Waals surface area contributed by atoms with Crippen molar-refractivity contribution >= 4 is 16.0 Å². The van der Waals surface area contributed by atoms with Crippen molar-refractivity contribution in [1.29, 1.82) is 0 Å². The lowest BCUT2D eigenvalue weighted by Crippen LogP contribution is -2.58.